The number of nitrogens with one attached hydrogen (secondary N) is 1. The molecule has 0 saturated carbocycles. The van der Waals surface area contributed by atoms with E-state index in [1.54, 1.807) is 18.3 Å². The van der Waals surface area contributed by atoms with Gasteiger partial charge in [-0.3, -0.25) is 9.78 Å². The minimum atomic E-state index is -3.41. The third-order valence-corrected chi connectivity index (χ3v) is 4.98. The summed E-state index contributed by atoms with van der Waals surface area (Å²) in [5, 5.41) is 3.98. The van der Waals surface area contributed by atoms with Crippen molar-refractivity contribution in [1.82, 2.24) is 9.29 Å². The minimum absolute atomic E-state index is 0.269. The Balaban J connectivity index is 2.29. The lowest BCUT2D eigenvalue weighted by molar-refractivity contribution is -0.116. The number of nitrogens with zero attached hydrogens (tertiary/aromatic N) is 2. The van der Waals surface area contributed by atoms with Gasteiger partial charge in [0.1, 0.15) is 0 Å². The molecule has 0 unspecified atom stereocenters. The number of likely N-dealkylation sites (N-methyl/N-ethyl adjacent to an activating group) is 1. The quantitative estimate of drug-likeness (QED) is 0.922. The molecule has 1 aromatic carbocycles. The van der Waals surface area contributed by atoms with E-state index in [0.717, 1.165) is 21.5 Å². The van der Waals surface area contributed by atoms with Crippen LogP contribution in [0.15, 0.2) is 24.4 Å². The van der Waals surface area contributed by atoms with E-state index in [4.69, 9.17) is 11.6 Å². The van der Waals surface area contributed by atoms with Gasteiger partial charge in [-0.2, -0.15) is 4.31 Å². The second-order valence-electron chi connectivity index (χ2n) is 5.02. The van der Waals surface area contributed by atoms with Crippen LogP contribution in [0.3, 0.4) is 0 Å². The first kappa shape index (κ1) is 16.7. The van der Waals surface area contributed by atoms with Gasteiger partial charge in [-0.1, -0.05) is 23.7 Å². The molecule has 0 fully saturated rings. The van der Waals surface area contributed by atoms with Crippen LogP contribution in [-0.2, 0) is 14.8 Å². The van der Waals surface area contributed by atoms with E-state index in [0.29, 0.717) is 16.2 Å². The zero-order chi connectivity index (χ0) is 16.5. The fourth-order valence-electron chi connectivity index (χ4n) is 1.90. The molecular weight excluding hydrogens is 326 g/mol. The summed E-state index contributed by atoms with van der Waals surface area (Å²) in [4.78, 5) is 16.3. The fourth-order valence-corrected chi connectivity index (χ4v) is 2.45. The standard InChI is InChI=1S/C14H16ClN3O3S/c1-9-7-16-14-10(13(9)15)5-4-6-11(14)17-12(19)8-18(2)22(3,20)21/h4-7H,8H2,1-3H3,(H,17,19). The Hall–Kier alpha value is -1.70. The molecule has 0 aliphatic rings. The molecule has 0 saturated heterocycles. The first-order valence-corrected chi connectivity index (χ1v) is 8.68. The van der Waals surface area contributed by atoms with E-state index >= 15 is 0 Å². The van der Waals surface area contributed by atoms with Gasteiger partial charge in [-0.15, -0.1) is 0 Å². The zero-order valence-electron chi connectivity index (χ0n) is 12.4. The summed E-state index contributed by atoms with van der Waals surface area (Å²) in [5.74, 6) is -0.445. The Morgan fingerprint density at radius 3 is 2.73 bits per heavy atom. The summed E-state index contributed by atoms with van der Waals surface area (Å²) in [6, 6.07) is 5.26. The van der Waals surface area contributed by atoms with Gasteiger partial charge in [0.25, 0.3) is 0 Å². The highest BCUT2D eigenvalue weighted by molar-refractivity contribution is 7.88. The number of carbonyl (C=O) groups is 1. The second kappa shape index (κ2) is 6.20. The highest BCUT2D eigenvalue weighted by atomic mass is 35.5. The van der Waals surface area contributed by atoms with Crippen LogP contribution in [-0.4, -0.2) is 43.5 Å². The van der Waals surface area contributed by atoms with Crippen LogP contribution in [0.5, 0.6) is 0 Å². The molecule has 0 aliphatic heterocycles. The number of hydrogen-bond acceptors (Lipinski definition) is 4. The van der Waals surface area contributed by atoms with Crippen LogP contribution in [0.2, 0.25) is 5.02 Å². The van der Waals surface area contributed by atoms with Crippen LogP contribution in [0.25, 0.3) is 10.9 Å². The number of para-hydroxylation sites is 1. The highest BCUT2D eigenvalue weighted by Crippen LogP contribution is 2.29. The molecule has 2 aromatic rings. The van der Waals surface area contributed by atoms with E-state index in [1.165, 1.54) is 7.05 Å². The van der Waals surface area contributed by atoms with Crippen LogP contribution in [0.1, 0.15) is 5.56 Å². The van der Waals surface area contributed by atoms with E-state index in [-0.39, 0.29) is 6.54 Å². The predicted molar refractivity (Wildman–Crippen MR) is 87.6 cm³/mol. The van der Waals surface area contributed by atoms with E-state index in [9.17, 15) is 13.2 Å². The smallest absolute Gasteiger partial charge is 0.239 e. The van der Waals surface area contributed by atoms with Gasteiger partial charge in [0, 0.05) is 18.6 Å². The van der Waals surface area contributed by atoms with Gasteiger partial charge >= 0.3 is 0 Å². The van der Waals surface area contributed by atoms with Gasteiger partial charge in [-0.25, -0.2) is 8.42 Å². The van der Waals surface area contributed by atoms with Gasteiger partial charge in [0.2, 0.25) is 15.9 Å². The van der Waals surface area contributed by atoms with Crippen molar-refractivity contribution in [3.05, 3.63) is 35.0 Å². The highest BCUT2D eigenvalue weighted by Gasteiger charge is 2.16. The Labute approximate surface area is 134 Å². The Morgan fingerprint density at radius 1 is 1.41 bits per heavy atom. The molecule has 1 aromatic heterocycles. The summed E-state index contributed by atoms with van der Waals surface area (Å²) in [5.41, 5.74) is 1.90. The molecule has 8 heteroatoms. The molecule has 0 radical (unpaired) electrons. The number of aromatic nitrogens is 1. The average Bonchev–Trinajstić information content (AvgIpc) is 2.42. The van der Waals surface area contributed by atoms with Crippen LogP contribution >= 0.6 is 11.6 Å². The molecule has 1 N–H and O–H groups in total. The normalized spacial score (nSPS) is 11.9. The number of rotatable bonds is 4. The molecule has 0 atom stereocenters. The first-order chi connectivity index (χ1) is 10.2. The zero-order valence-corrected chi connectivity index (χ0v) is 14.0. The molecular formula is C14H16ClN3O3S. The van der Waals surface area contributed by atoms with Crippen molar-refractivity contribution in [3.63, 3.8) is 0 Å². The maximum Gasteiger partial charge on any atom is 0.239 e. The Kier molecular flexibility index (Phi) is 4.69. The van der Waals surface area contributed by atoms with Gasteiger partial charge < -0.3 is 5.32 Å². The summed E-state index contributed by atoms with van der Waals surface area (Å²) in [7, 11) is -2.07. The predicted octanol–water partition coefficient (Wildman–Crippen LogP) is 2.03. The summed E-state index contributed by atoms with van der Waals surface area (Å²) in [6.45, 7) is 1.58. The third-order valence-electron chi connectivity index (χ3n) is 3.21. The maximum atomic E-state index is 12.0. The number of anilines is 1. The Bertz CT molecular complexity index is 837. The van der Waals surface area contributed by atoms with Crippen LogP contribution < -0.4 is 5.32 Å². The molecule has 2 rings (SSSR count). The fraction of sp³-hybridized carbons (Fsp3) is 0.286. The van der Waals surface area contributed by atoms with Gasteiger partial charge in [-0.05, 0) is 18.6 Å². The topological polar surface area (TPSA) is 79.4 Å². The number of fused-ring (bicyclic) bond motifs is 1. The number of carbonyl (C=O) groups excluding carboxylic acids is 1. The molecule has 0 bridgehead atoms. The van der Waals surface area contributed by atoms with Crippen molar-refractivity contribution in [1.29, 1.82) is 0 Å². The van der Waals surface area contributed by atoms with Crippen LogP contribution in [0.4, 0.5) is 5.69 Å². The van der Waals surface area contributed by atoms with E-state index in [2.05, 4.69) is 10.3 Å². The van der Waals surface area contributed by atoms with E-state index < -0.39 is 15.9 Å². The van der Waals surface area contributed by atoms with Crippen molar-refractivity contribution in [2.75, 3.05) is 25.2 Å². The average molecular weight is 342 g/mol. The number of halogens is 1. The lowest BCUT2D eigenvalue weighted by Crippen LogP contribution is -2.34. The third kappa shape index (κ3) is 3.55. The Morgan fingerprint density at radius 2 is 2.09 bits per heavy atom. The number of hydrogen-bond donors (Lipinski definition) is 1. The van der Waals surface area contributed by atoms with Crippen molar-refractivity contribution in [3.8, 4) is 0 Å². The van der Waals surface area contributed by atoms with Crippen molar-refractivity contribution >= 4 is 44.1 Å². The van der Waals surface area contributed by atoms with Crippen molar-refractivity contribution < 1.29 is 13.2 Å². The lowest BCUT2D eigenvalue weighted by Gasteiger charge is -2.14. The minimum Gasteiger partial charge on any atom is -0.323 e. The molecule has 1 amide bonds. The van der Waals surface area contributed by atoms with Crippen LogP contribution in [0, 0.1) is 6.92 Å². The van der Waals surface area contributed by atoms with E-state index in [1.807, 2.05) is 13.0 Å². The lowest BCUT2D eigenvalue weighted by atomic mass is 10.1. The number of pyridine rings is 1. The first-order valence-electron chi connectivity index (χ1n) is 6.45. The van der Waals surface area contributed by atoms with Crippen molar-refractivity contribution in [2.45, 2.75) is 6.92 Å². The summed E-state index contributed by atoms with van der Waals surface area (Å²) >= 11 is 6.24. The summed E-state index contributed by atoms with van der Waals surface area (Å²) < 4.78 is 23.6. The maximum absolute atomic E-state index is 12.0. The number of amides is 1. The number of aryl methyl sites for hydroxylation is 1. The van der Waals surface area contributed by atoms with Gasteiger partial charge in [0.15, 0.2) is 0 Å². The van der Waals surface area contributed by atoms with Gasteiger partial charge in [0.05, 0.1) is 29.0 Å². The number of benzene rings is 1. The molecule has 1 heterocycles. The molecule has 0 aliphatic carbocycles. The molecule has 6 nitrogen and oxygen atoms in total. The monoisotopic (exact) mass is 341 g/mol. The summed E-state index contributed by atoms with van der Waals surface area (Å²) in [6.07, 6.45) is 2.67. The second-order valence-corrected chi connectivity index (χ2v) is 7.49. The number of sulfonamides is 1. The SMILES string of the molecule is Cc1cnc2c(NC(=O)CN(C)S(C)(=O)=O)cccc2c1Cl. The van der Waals surface area contributed by atoms with Crippen molar-refractivity contribution in [2.24, 2.45) is 0 Å². The molecule has 22 heavy (non-hydrogen) atoms. The molecule has 0 spiro atoms. The largest absolute Gasteiger partial charge is 0.323 e. The molecule has 118 valence electrons.